The fraction of sp³-hybridized carbons (Fsp3) is 0.632. The number of piperidine rings is 1. The summed E-state index contributed by atoms with van der Waals surface area (Å²) in [6.07, 6.45) is 4.12. The molecular weight excluding hydrogens is 272 g/mol. The lowest BCUT2D eigenvalue weighted by Crippen LogP contribution is -2.42. The van der Waals surface area contributed by atoms with Crippen LogP contribution in [0.1, 0.15) is 44.1 Å². The van der Waals surface area contributed by atoms with Gasteiger partial charge in [0.15, 0.2) is 0 Å². The highest BCUT2D eigenvalue weighted by atomic mass is 16.2. The van der Waals surface area contributed by atoms with Gasteiger partial charge in [0.05, 0.1) is 0 Å². The molecule has 2 aliphatic heterocycles. The smallest absolute Gasteiger partial charge is 0.222 e. The molecule has 0 spiro atoms. The Morgan fingerprint density at radius 1 is 1.27 bits per heavy atom. The quantitative estimate of drug-likeness (QED) is 0.927. The lowest BCUT2D eigenvalue weighted by molar-refractivity contribution is -0.133. The van der Waals surface area contributed by atoms with E-state index in [1.54, 1.807) is 0 Å². The molecule has 1 N–H and O–H groups in total. The Morgan fingerprint density at radius 3 is 2.77 bits per heavy atom. The number of benzene rings is 1. The standard InChI is InChI=1S/C19H28N2O/c1-15-14-21(19(22)8-7-16-9-11-20-13-16)12-10-18(15)17-5-3-2-4-6-17/h2-6,15-16,18,20H,7-14H2,1H3. The van der Waals surface area contributed by atoms with Crippen molar-refractivity contribution < 1.29 is 4.79 Å². The van der Waals surface area contributed by atoms with Crippen molar-refractivity contribution in [2.24, 2.45) is 11.8 Å². The van der Waals surface area contributed by atoms with Crippen LogP contribution in [-0.4, -0.2) is 37.0 Å². The van der Waals surface area contributed by atoms with Crippen LogP contribution in [-0.2, 0) is 4.79 Å². The molecule has 3 heteroatoms. The molecule has 3 atom stereocenters. The van der Waals surface area contributed by atoms with Gasteiger partial charge in [0.2, 0.25) is 5.91 Å². The average Bonchev–Trinajstić information content (AvgIpc) is 3.07. The normalized spacial score (nSPS) is 28.8. The summed E-state index contributed by atoms with van der Waals surface area (Å²) >= 11 is 0. The molecule has 0 radical (unpaired) electrons. The van der Waals surface area contributed by atoms with Crippen molar-refractivity contribution in [1.82, 2.24) is 10.2 Å². The van der Waals surface area contributed by atoms with E-state index in [-0.39, 0.29) is 0 Å². The third-order valence-corrected chi connectivity index (χ3v) is 5.41. The van der Waals surface area contributed by atoms with Gasteiger partial charge in [-0.15, -0.1) is 0 Å². The monoisotopic (exact) mass is 300 g/mol. The molecule has 1 aromatic carbocycles. The van der Waals surface area contributed by atoms with Gasteiger partial charge in [0.25, 0.3) is 0 Å². The van der Waals surface area contributed by atoms with Crippen molar-refractivity contribution in [3.8, 4) is 0 Å². The van der Waals surface area contributed by atoms with Crippen molar-refractivity contribution in [1.29, 1.82) is 0 Å². The second kappa shape index (κ2) is 7.28. The number of hydrogen-bond acceptors (Lipinski definition) is 2. The highest BCUT2D eigenvalue weighted by Crippen LogP contribution is 2.33. The Bertz CT molecular complexity index is 481. The maximum absolute atomic E-state index is 12.4. The molecule has 3 rings (SSSR count). The van der Waals surface area contributed by atoms with Crippen LogP contribution in [0.5, 0.6) is 0 Å². The summed E-state index contributed by atoms with van der Waals surface area (Å²) in [4.78, 5) is 14.6. The van der Waals surface area contributed by atoms with E-state index in [9.17, 15) is 4.79 Å². The number of likely N-dealkylation sites (tertiary alicyclic amines) is 1. The number of hydrogen-bond donors (Lipinski definition) is 1. The summed E-state index contributed by atoms with van der Waals surface area (Å²) in [5.74, 6) is 2.23. The molecule has 0 saturated carbocycles. The van der Waals surface area contributed by atoms with E-state index in [2.05, 4.69) is 47.5 Å². The highest BCUT2D eigenvalue weighted by molar-refractivity contribution is 5.76. The Morgan fingerprint density at radius 2 is 2.09 bits per heavy atom. The van der Waals surface area contributed by atoms with E-state index in [4.69, 9.17) is 0 Å². The van der Waals surface area contributed by atoms with Crippen LogP contribution in [0, 0.1) is 11.8 Å². The molecule has 2 saturated heterocycles. The lowest BCUT2D eigenvalue weighted by Gasteiger charge is -2.37. The van der Waals surface area contributed by atoms with E-state index in [0.717, 1.165) is 45.4 Å². The summed E-state index contributed by atoms with van der Waals surface area (Å²) in [7, 11) is 0. The predicted octanol–water partition coefficient (Wildman–Crippen LogP) is 3.03. The number of rotatable bonds is 4. The first-order valence-electron chi connectivity index (χ1n) is 8.77. The SMILES string of the molecule is CC1CN(C(=O)CCC2CCNC2)CCC1c1ccccc1. The third kappa shape index (κ3) is 3.70. The van der Waals surface area contributed by atoms with Crippen molar-refractivity contribution in [3.05, 3.63) is 35.9 Å². The van der Waals surface area contributed by atoms with Crippen LogP contribution in [0.15, 0.2) is 30.3 Å². The average molecular weight is 300 g/mol. The first-order chi connectivity index (χ1) is 10.7. The van der Waals surface area contributed by atoms with Gasteiger partial charge in [-0.25, -0.2) is 0 Å². The minimum Gasteiger partial charge on any atom is -0.342 e. The number of carbonyl (C=O) groups is 1. The minimum atomic E-state index is 0.366. The predicted molar refractivity (Wildman–Crippen MR) is 89.8 cm³/mol. The highest BCUT2D eigenvalue weighted by Gasteiger charge is 2.29. The molecule has 3 nitrogen and oxygen atoms in total. The second-order valence-corrected chi connectivity index (χ2v) is 7.02. The van der Waals surface area contributed by atoms with E-state index >= 15 is 0 Å². The van der Waals surface area contributed by atoms with Gasteiger partial charge in [-0.3, -0.25) is 4.79 Å². The van der Waals surface area contributed by atoms with Gasteiger partial charge in [-0.1, -0.05) is 37.3 Å². The van der Waals surface area contributed by atoms with Crippen LogP contribution in [0.4, 0.5) is 0 Å². The number of amides is 1. The van der Waals surface area contributed by atoms with Crippen LogP contribution >= 0.6 is 0 Å². The molecule has 2 aliphatic rings. The zero-order valence-electron chi connectivity index (χ0n) is 13.6. The van der Waals surface area contributed by atoms with Crippen LogP contribution in [0.3, 0.4) is 0 Å². The van der Waals surface area contributed by atoms with E-state index in [0.29, 0.717) is 23.7 Å². The van der Waals surface area contributed by atoms with Crippen molar-refractivity contribution in [3.63, 3.8) is 0 Å². The molecule has 3 unspecified atom stereocenters. The topological polar surface area (TPSA) is 32.3 Å². The second-order valence-electron chi connectivity index (χ2n) is 7.02. The fourth-order valence-electron chi connectivity index (χ4n) is 4.01. The Balaban J connectivity index is 1.50. The number of nitrogens with zero attached hydrogens (tertiary/aromatic N) is 1. The summed E-state index contributed by atoms with van der Waals surface area (Å²) in [5, 5.41) is 3.38. The molecule has 22 heavy (non-hydrogen) atoms. The molecule has 0 bridgehead atoms. The lowest BCUT2D eigenvalue weighted by atomic mass is 9.81. The Hall–Kier alpha value is -1.35. The zero-order chi connectivity index (χ0) is 15.4. The molecule has 1 aromatic rings. The van der Waals surface area contributed by atoms with Crippen molar-refractivity contribution >= 4 is 5.91 Å². The fourth-order valence-corrected chi connectivity index (χ4v) is 4.01. The molecule has 2 heterocycles. The van der Waals surface area contributed by atoms with Gasteiger partial charge in [-0.2, -0.15) is 0 Å². The third-order valence-electron chi connectivity index (χ3n) is 5.41. The number of nitrogens with one attached hydrogen (secondary N) is 1. The maximum Gasteiger partial charge on any atom is 0.222 e. The van der Waals surface area contributed by atoms with Crippen LogP contribution in [0.2, 0.25) is 0 Å². The Labute approximate surface area is 134 Å². The number of carbonyl (C=O) groups excluding carboxylic acids is 1. The summed E-state index contributed by atoms with van der Waals surface area (Å²) in [6, 6.07) is 10.8. The zero-order valence-corrected chi connectivity index (χ0v) is 13.6. The maximum atomic E-state index is 12.4. The minimum absolute atomic E-state index is 0.366. The van der Waals surface area contributed by atoms with Gasteiger partial charge in [0, 0.05) is 19.5 Å². The van der Waals surface area contributed by atoms with Gasteiger partial charge < -0.3 is 10.2 Å². The van der Waals surface area contributed by atoms with Crippen molar-refractivity contribution in [2.45, 2.75) is 38.5 Å². The molecule has 1 amide bonds. The first kappa shape index (κ1) is 15.5. The summed E-state index contributed by atoms with van der Waals surface area (Å²) in [6.45, 7) is 6.35. The van der Waals surface area contributed by atoms with E-state index < -0.39 is 0 Å². The Kier molecular flexibility index (Phi) is 5.14. The molecule has 0 aromatic heterocycles. The molecule has 0 aliphatic carbocycles. The van der Waals surface area contributed by atoms with E-state index in [1.807, 2.05) is 0 Å². The summed E-state index contributed by atoms with van der Waals surface area (Å²) < 4.78 is 0. The summed E-state index contributed by atoms with van der Waals surface area (Å²) in [5.41, 5.74) is 1.43. The largest absolute Gasteiger partial charge is 0.342 e. The van der Waals surface area contributed by atoms with Gasteiger partial charge >= 0.3 is 0 Å². The van der Waals surface area contributed by atoms with Crippen LogP contribution < -0.4 is 5.32 Å². The van der Waals surface area contributed by atoms with E-state index in [1.165, 1.54) is 12.0 Å². The molecule has 120 valence electrons. The van der Waals surface area contributed by atoms with Crippen LogP contribution in [0.25, 0.3) is 0 Å². The van der Waals surface area contributed by atoms with Gasteiger partial charge in [-0.05, 0) is 55.7 Å². The molecule has 2 fully saturated rings. The van der Waals surface area contributed by atoms with Gasteiger partial charge in [0.1, 0.15) is 0 Å². The molecular formula is C19H28N2O. The van der Waals surface area contributed by atoms with Crippen molar-refractivity contribution in [2.75, 3.05) is 26.2 Å². The first-order valence-corrected chi connectivity index (χ1v) is 8.77.